The van der Waals surface area contributed by atoms with E-state index in [4.69, 9.17) is 23.2 Å². The summed E-state index contributed by atoms with van der Waals surface area (Å²) in [6.45, 7) is 0. The zero-order valence-electron chi connectivity index (χ0n) is 5.46. The first kappa shape index (κ1) is 6.95. The van der Waals surface area contributed by atoms with Crippen LogP contribution in [0.1, 0.15) is 0 Å². The summed E-state index contributed by atoms with van der Waals surface area (Å²) >= 11 is 11.5. The van der Waals surface area contributed by atoms with Crippen LogP contribution in [0, 0.1) is 0 Å². The van der Waals surface area contributed by atoms with Gasteiger partial charge in [0.15, 0.2) is 5.65 Å². The molecule has 0 amide bonds. The van der Waals surface area contributed by atoms with Crippen molar-refractivity contribution in [3.05, 3.63) is 34.7 Å². The summed E-state index contributed by atoms with van der Waals surface area (Å²) in [5.74, 6) is 0. The molecule has 56 valence electrons. The standard InChI is InChI=1S/C7H4Cl2N2/c8-5-2-1-3-11-4-6(9)10-7(5)11/h1-4H. The topological polar surface area (TPSA) is 17.3 Å². The third-order valence-corrected chi connectivity index (χ3v) is 1.88. The van der Waals surface area contributed by atoms with Crippen molar-refractivity contribution >= 4 is 28.8 Å². The SMILES string of the molecule is Clc1cn2cccc(Cl)c2n1. The Balaban J connectivity index is 2.90. The number of pyridine rings is 1. The van der Waals surface area contributed by atoms with Crippen LogP contribution in [-0.2, 0) is 0 Å². The Hall–Kier alpha value is -0.730. The summed E-state index contributed by atoms with van der Waals surface area (Å²) in [5.41, 5.74) is 0.694. The van der Waals surface area contributed by atoms with E-state index in [-0.39, 0.29) is 0 Å². The molecule has 4 heteroatoms. The van der Waals surface area contributed by atoms with Gasteiger partial charge in [-0.2, -0.15) is 0 Å². The van der Waals surface area contributed by atoms with Crippen molar-refractivity contribution < 1.29 is 0 Å². The number of fused-ring (bicyclic) bond motifs is 1. The number of rotatable bonds is 0. The molecule has 2 heterocycles. The van der Waals surface area contributed by atoms with E-state index in [1.54, 1.807) is 16.7 Å². The first-order valence-electron chi connectivity index (χ1n) is 3.06. The number of hydrogen-bond donors (Lipinski definition) is 0. The summed E-state index contributed by atoms with van der Waals surface area (Å²) in [6.07, 6.45) is 3.56. The Morgan fingerprint density at radius 1 is 1.36 bits per heavy atom. The average molecular weight is 187 g/mol. The van der Waals surface area contributed by atoms with E-state index in [0.717, 1.165) is 0 Å². The predicted molar refractivity (Wildman–Crippen MR) is 45.2 cm³/mol. The lowest BCUT2D eigenvalue weighted by Crippen LogP contribution is -1.80. The molecule has 11 heavy (non-hydrogen) atoms. The van der Waals surface area contributed by atoms with Crippen molar-refractivity contribution in [3.63, 3.8) is 0 Å². The first-order valence-corrected chi connectivity index (χ1v) is 3.82. The molecule has 0 N–H and O–H groups in total. The summed E-state index contributed by atoms with van der Waals surface area (Å²) < 4.78 is 1.78. The van der Waals surface area contributed by atoms with Crippen LogP contribution in [0.25, 0.3) is 5.65 Å². The number of halogens is 2. The van der Waals surface area contributed by atoms with Crippen molar-refractivity contribution in [2.24, 2.45) is 0 Å². The molecule has 2 nitrogen and oxygen atoms in total. The van der Waals surface area contributed by atoms with Crippen molar-refractivity contribution in [2.75, 3.05) is 0 Å². The van der Waals surface area contributed by atoms with Crippen LogP contribution in [0.15, 0.2) is 24.5 Å². The second kappa shape index (κ2) is 2.40. The van der Waals surface area contributed by atoms with Gasteiger partial charge in [0.25, 0.3) is 0 Å². The third kappa shape index (κ3) is 1.08. The highest BCUT2D eigenvalue weighted by Crippen LogP contribution is 2.17. The van der Waals surface area contributed by atoms with Gasteiger partial charge in [0, 0.05) is 12.4 Å². The minimum Gasteiger partial charge on any atom is -0.304 e. The van der Waals surface area contributed by atoms with Gasteiger partial charge in [0.05, 0.1) is 5.02 Å². The first-order chi connectivity index (χ1) is 5.27. The Kier molecular flexibility index (Phi) is 1.51. The van der Waals surface area contributed by atoms with Crippen LogP contribution >= 0.6 is 23.2 Å². The Labute approximate surface area is 73.4 Å². The molecule has 2 aromatic heterocycles. The fourth-order valence-corrected chi connectivity index (χ4v) is 1.35. The molecule has 0 aliphatic carbocycles. The van der Waals surface area contributed by atoms with Gasteiger partial charge in [-0.25, -0.2) is 4.98 Å². The molecule has 0 unspecified atom stereocenters. The second-order valence-corrected chi connectivity index (χ2v) is 2.95. The lowest BCUT2D eigenvalue weighted by Gasteiger charge is -1.91. The van der Waals surface area contributed by atoms with Gasteiger partial charge < -0.3 is 4.40 Å². The highest BCUT2D eigenvalue weighted by molar-refractivity contribution is 6.34. The molecule has 0 saturated carbocycles. The molecule has 0 aliphatic heterocycles. The van der Waals surface area contributed by atoms with Crippen LogP contribution in [0.2, 0.25) is 10.2 Å². The maximum absolute atomic E-state index is 5.83. The van der Waals surface area contributed by atoms with Crippen LogP contribution in [0.4, 0.5) is 0 Å². The van der Waals surface area contributed by atoms with Gasteiger partial charge in [-0.1, -0.05) is 23.2 Å². The van der Waals surface area contributed by atoms with Crippen molar-refractivity contribution in [3.8, 4) is 0 Å². The lowest BCUT2D eigenvalue weighted by molar-refractivity contribution is 1.19. The summed E-state index contributed by atoms with van der Waals surface area (Å²) in [5, 5.41) is 1.07. The van der Waals surface area contributed by atoms with Crippen LogP contribution in [-0.4, -0.2) is 9.38 Å². The van der Waals surface area contributed by atoms with E-state index < -0.39 is 0 Å². The largest absolute Gasteiger partial charge is 0.304 e. The highest BCUT2D eigenvalue weighted by Gasteiger charge is 2.00. The van der Waals surface area contributed by atoms with Gasteiger partial charge in [-0.05, 0) is 12.1 Å². The Bertz CT molecular complexity index is 394. The minimum atomic E-state index is 0.457. The maximum Gasteiger partial charge on any atom is 0.157 e. The van der Waals surface area contributed by atoms with Crippen molar-refractivity contribution in [2.45, 2.75) is 0 Å². The molecule has 0 aliphatic rings. The van der Waals surface area contributed by atoms with Crippen LogP contribution in [0.3, 0.4) is 0 Å². The summed E-state index contributed by atoms with van der Waals surface area (Å²) in [7, 11) is 0. The van der Waals surface area contributed by atoms with E-state index in [0.29, 0.717) is 15.8 Å². The molecular weight excluding hydrogens is 183 g/mol. The predicted octanol–water partition coefficient (Wildman–Crippen LogP) is 2.64. The molecule has 0 saturated heterocycles. The second-order valence-electron chi connectivity index (χ2n) is 2.15. The van der Waals surface area contributed by atoms with E-state index in [2.05, 4.69) is 4.98 Å². The Morgan fingerprint density at radius 3 is 2.91 bits per heavy atom. The van der Waals surface area contributed by atoms with Gasteiger partial charge in [0.1, 0.15) is 5.15 Å². The zero-order chi connectivity index (χ0) is 7.84. The molecule has 0 radical (unpaired) electrons. The summed E-state index contributed by atoms with van der Waals surface area (Å²) in [4.78, 5) is 4.01. The van der Waals surface area contributed by atoms with Gasteiger partial charge in [-0.3, -0.25) is 0 Å². The van der Waals surface area contributed by atoms with E-state index >= 15 is 0 Å². The number of nitrogens with zero attached hydrogens (tertiary/aromatic N) is 2. The molecule has 0 bridgehead atoms. The normalized spacial score (nSPS) is 10.7. The zero-order valence-corrected chi connectivity index (χ0v) is 6.97. The fraction of sp³-hybridized carbons (Fsp3) is 0. The quantitative estimate of drug-likeness (QED) is 0.619. The molecule has 2 aromatic rings. The minimum absolute atomic E-state index is 0.457. The van der Waals surface area contributed by atoms with Gasteiger partial charge in [-0.15, -0.1) is 0 Å². The van der Waals surface area contributed by atoms with Crippen molar-refractivity contribution in [1.29, 1.82) is 0 Å². The van der Waals surface area contributed by atoms with Crippen LogP contribution < -0.4 is 0 Å². The fourth-order valence-electron chi connectivity index (χ4n) is 0.949. The van der Waals surface area contributed by atoms with Gasteiger partial charge in [0.2, 0.25) is 0 Å². The van der Waals surface area contributed by atoms with Crippen molar-refractivity contribution in [1.82, 2.24) is 9.38 Å². The molecule has 0 spiro atoms. The molecule has 0 fully saturated rings. The average Bonchev–Trinajstić information content (AvgIpc) is 2.31. The number of imidazole rings is 1. The lowest BCUT2D eigenvalue weighted by atomic mass is 10.5. The molecule has 0 aromatic carbocycles. The van der Waals surface area contributed by atoms with Crippen LogP contribution in [0.5, 0.6) is 0 Å². The smallest absolute Gasteiger partial charge is 0.157 e. The number of hydrogen-bond acceptors (Lipinski definition) is 1. The third-order valence-electron chi connectivity index (χ3n) is 1.41. The number of aromatic nitrogens is 2. The van der Waals surface area contributed by atoms with Gasteiger partial charge >= 0.3 is 0 Å². The van der Waals surface area contributed by atoms with E-state index in [1.807, 2.05) is 12.3 Å². The molecular formula is C7H4Cl2N2. The Morgan fingerprint density at radius 2 is 2.18 bits per heavy atom. The monoisotopic (exact) mass is 186 g/mol. The van der Waals surface area contributed by atoms with E-state index in [9.17, 15) is 0 Å². The molecule has 0 atom stereocenters. The maximum atomic E-state index is 5.83. The highest BCUT2D eigenvalue weighted by atomic mass is 35.5. The summed E-state index contributed by atoms with van der Waals surface area (Å²) in [6, 6.07) is 3.62. The molecule has 2 rings (SSSR count). The van der Waals surface area contributed by atoms with E-state index in [1.165, 1.54) is 0 Å².